The monoisotopic (exact) mass is 400 g/mol. The van der Waals surface area contributed by atoms with E-state index in [0.717, 1.165) is 43.1 Å². The second-order valence-electron chi connectivity index (χ2n) is 7.07. The first-order chi connectivity index (χ1) is 12.4. The van der Waals surface area contributed by atoms with Crippen LogP contribution in [0.1, 0.15) is 50.8 Å². The fourth-order valence-electron chi connectivity index (χ4n) is 2.93. The summed E-state index contributed by atoms with van der Waals surface area (Å²) >= 11 is 1.34. The summed E-state index contributed by atoms with van der Waals surface area (Å²) in [5.41, 5.74) is 0. The highest BCUT2D eigenvalue weighted by Gasteiger charge is 2.27. The topological polar surface area (TPSA) is 73.8 Å². The maximum Gasteiger partial charge on any atom is 0.252 e. The summed E-state index contributed by atoms with van der Waals surface area (Å²) in [5, 5.41) is 6.56. The highest BCUT2D eigenvalue weighted by molar-refractivity contribution is 7.91. The van der Waals surface area contributed by atoms with Gasteiger partial charge in [-0.1, -0.05) is 20.3 Å². The number of thiophene rings is 1. The molecule has 26 heavy (non-hydrogen) atoms. The molecule has 0 spiro atoms. The van der Waals surface area contributed by atoms with Crippen molar-refractivity contribution in [2.75, 3.05) is 26.7 Å². The highest BCUT2D eigenvalue weighted by atomic mass is 32.2. The van der Waals surface area contributed by atoms with E-state index < -0.39 is 10.0 Å². The minimum absolute atomic E-state index is 0.441. The van der Waals surface area contributed by atoms with E-state index in [1.807, 2.05) is 6.07 Å². The SMILES string of the molecule is CN=C(NCCCC(C)C)NCc1ccc(S(=O)(=O)N2CCCCC2)s1. The Bertz CT molecular complexity index is 677. The van der Waals surface area contributed by atoms with Crippen molar-refractivity contribution in [3.05, 3.63) is 17.0 Å². The summed E-state index contributed by atoms with van der Waals surface area (Å²) in [6, 6.07) is 3.62. The van der Waals surface area contributed by atoms with Gasteiger partial charge < -0.3 is 10.6 Å². The second-order valence-corrected chi connectivity index (χ2v) is 10.4. The smallest absolute Gasteiger partial charge is 0.252 e. The number of hydrogen-bond donors (Lipinski definition) is 2. The molecule has 6 nitrogen and oxygen atoms in total. The van der Waals surface area contributed by atoms with E-state index in [1.165, 1.54) is 17.8 Å². The average molecular weight is 401 g/mol. The molecule has 1 fully saturated rings. The van der Waals surface area contributed by atoms with E-state index in [0.29, 0.717) is 29.8 Å². The molecule has 0 unspecified atom stereocenters. The fraction of sp³-hybridized carbons (Fsp3) is 0.722. The van der Waals surface area contributed by atoms with Gasteiger partial charge in [-0.05, 0) is 43.7 Å². The van der Waals surface area contributed by atoms with Gasteiger partial charge in [-0.2, -0.15) is 4.31 Å². The lowest BCUT2D eigenvalue weighted by molar-refractivity contribution is 0.347. The first-order valence-electron chi connectivity index (χ1n) is 9.47. The van der Waals surface area contributed by atoms with Crippen LogP contribution in [-0.2, 0) is 16.6 Å². The Morgan fingerprint density at radius 3 is 2.62 bits per heavy atom. The quantitative estimate of drug-likeness (QED) is 0.400. The summed E-state index contributed by atoms with van der Waals surface area (Å²) in [4.78, 5) is 5.21. The lowest BCUT2D eigenvalue weighted by atomic mass is 10.1. The van der Waals surface area contributed by atoms with E-state index in [4.69, 9.17) is 0 Å². The molecule has 1 aromatic rings. The van der Waals surface area contributed by atoms with Crippen LogP contribution in [0.3, 0.4) is 0 Å². The maximum absolute atomic E-state index is 12.7. The molecule has 1 saturated heterocycles. The zero-order chi connectivity index (χ0) is 19.0. The predicted octanol–water partition coefficient (Wildman–Crippen LogP) is 3.02. The molecule has 0 bridgehead atoms. The van der Waals surface area contributed by atoms with Crippen LogP contribution in [0, 0.1) is 5.92 Å². The number of nitrogens with zero attached hydrogens (tertiary/aromatic N) is 2. The number of hydrogen-bond acceptors (Lipinski definition) is 4. The number of sulfonamides is 1. The van der Waals surface area contributed by atoms with Crippen LogP contribution in [0.5, 0.6) is 0 Å². The van der Waals surface area contributed by atoms with Crippen molar-refractivity contribution in [1.29, 1.82) is 0 Å². The van der Waals surface area contributed by atoms with Gasteiger partial charge in [0, 0.05) is 31.6 Å². The molecule has 1 aromatic heterocycles. The molecule has 0 atom stereocenters. The summed E-state index contributed by atoms with van der Waals surface area (Å²) in [7, 11) is -1.58. The molecule has 2 N–H and O–H groups in total. The van der Waals surface area contributed by atoms with Crippen LogP contribution >= 0.6 is 11.3 Å². The summed E-state index contributed by atoms with van der Waals surface area (Å²) < 4.78 is 27.5. The summed E-state index contributed by atoms with van der Waals surface area (Å²) in [6.07, 6.45) is 5.33. The van der Waals surface area contributed by atoms with Gasteiger partial charge in [0.2, 0.25) is 0 Å². The van der Waals surface area contributed by atoms with E-state index in [-0.39, 0.29) is 0 Å². The predicted molar refractivity (Wildman–Crippen MR) is 109 cm³/mol. The molecule has 0 aromatic carbocycles. The summed E-state index contributed by atoms with van der Waals surface area (Å²) in [5.74, 6) is 1.46. The average Bonchev–Trinajstić information content (AvgIpc) is 3.11. The van der Waals surface area contributed by atoms with Crippen molar-refractivity contribution >= 4 is 27.3 Å². The molecular formula is C18H32N4O2S2. The van der Waals surface area contributed by atoms with Crippen LogP contribution in [-0.4, -0.2) is 45.4 Å². The van der Waals surface area contributed by atoms with Gasteiger partial charge in [-0.25, -0.2) is 8.42 Å². The molecule has 0 aliphatic carbocycles. The molecule has 2 rings (SSSR count). The molecule has 8 heteroatoms. The third-order valence-electron chi connectivity index (χ3n) is 4.45. The van der Waals surface area contributed by atoms with Gasteiger partial charge >= 0.3 is 0 Å². The van der Waals surface area contributed by atoms with Gasteiger partial charge in [0.25, 0.3) is 10.0 Å². The van der Waals surface area contributed by atoms with Gasteiger partial charge in [0.15, 0.2) is 5.96 Å². The zero-order valence-electron chi connectivity index (χ0n) is 16.1. The van der Waals surface area contributed by atoms with Gasteiger partial charge in [-0.15, -0.1) is 11.3 Å². The largest absolute Gasteiger partial charge is 0.356 e. The molecule has 0 saturated carbocycles. The first kappa shape index (κ1) is 21.2. The fourth-order valence-corrected chi connectivity index (χ4v) is 5.90. The summed E-state index contributed by atoms with van der Waals surface area (Å²) in [6.45, 7) is 7.18. The third-order valence-corrected chi connectivity index (χ3v) is 7.90. The standard InChI is InChI=1S/C18H32N4O2S2/c1-15(2)8-7-11-20-18(19-3)21-14-16-9-10-17(25-16)26(23,24)22-12-5-4-6-13-22/h9-10,15H,4-8,11-14H2,1-3H3,(H2,19,20,21). The maximum atomic E-state index is 12.7. The Kier molecular flexibility index (Phi) is 8.37. The van der Waals surface area contributed by atoms with Crippen LogP contribution in [0.25, 0.3) is 0 Å². The van der Waals surface area contributed by atoms with Crippen molar-refractivity contribution in [3.8, 4) is 0 Å². The normalized spacial score (nSPS) is 16.8. The van der Waals surface area contributed by atoms with Crippen molar-refractivity contribution in [2.45, 2.75) is 56.7 Å². The van der Waals surface area contributed by atoms with Crippen molar-refractivity contribution < 1.29 is 8.42 Å². The van der Waals surface area contributed by atoms with Crippen LogP contribution in [0.15, 0.2) is 21.3 Å². The number of aliphatic imine (C=N–C) groups is 1. The van der Waals surface area contributed by atoms with E-state index in [1.54, 1.807) is 17.4 Å². The third kappa shape index (κ3) is 6.25. The number of rotatable bonds is 8. The van der Waals surface area contributed by atoms with Crippen LogP contribution in [0.4, 0.5) is 0 Å². The van der Waals surface area contributed by atoms with Crippen molar-refractivity contribution in [2.24, 2.45) is 10.9 Å². The zero-order valence-corrected chi connectivity index (χ0v) is 17.8. The van der Waals surface area contributed by atoms with Crippen LogP contribution < -0.4 is 10.6 Å². The highest BCUT2D eigenvalue weighted by Crippen LogP contribution is 2.26. The number of nitrogens with one attached hydrogen (secondary N) is 2. The minimum atomic E-state index is -3.33. The Balaban J connectivity index is 1.85. The Morgan fingerprint density at radius 1 is 1.23 bits per heavy atom. The first-order valence-corrected chi connectivity index (χ1v) is 11.7. The lowest BCUT2D eigenvalue weighted by Gasteiger charge is -2.25. The van der Waals surface area contributed by atoms with E-state index in [9.17, 15) is 8.42 Å². The van der Waals surface area contributed by atoms with Crippen molar-refractivity contribution in [3.63, 3.8) is 0 Å². The van der Waals surface area contributed by atoms with Crippen molar-refractivity contribution in [1.82, 2.24) is 14.9 Å². The van der Waals surface area contributed by atoms with Crippen LogP contribution in [0.2, 0.25) is 0 Å². The molecular weight excluding hydrogens is 368 g/mol. The Labute approximate surface area is 162 Å². The van der Waals surface area contributed by atoms with Gasteiger partial charge in [0.05, 0.1) is 6.54 Å². The van der Waals surface area contributed by atoms with E-state index >= 15 is 0 Å². The molecule has 0 amide bonds. The van der Waals surface area contributed by atoms with Gasteiger partial charge in [0.1, 0.15) is 4.21 Å². The van der Waals surface area contributed by atoms with Gasteiger partial charge in [-0.3, -0.25) is 4.99 Å². The number of piperidine rings is 1. The second kappa shape index (κ2) is 10.3. The van der Waals surface area contributed by atoms with E-state index in [2.05, 4.69) is 29.5 Å². The lowest BCUT2D eigenvalue weighted by Crippen LogP contribution is -2.37. The molecule has 0 radical (unpaired) electrons. The molecule has 2 heterocycles. The number of guanidine groups is 1. The molecule has 1 aliphatic rings. The minimum Gasteiger partial charge on any atom is -0.356 e. The molecule has 148 valence electrons. The Morgan fingerprint density at radius 2 is 1.96 bits per heavy atom. The molecule has 1 aliphatic heterocycles. The Hall–Kier alpha value is -1.12.